The van der Waals surface area contributed by atoms with Crippen LogP contribution < -0.4 is 0 Å². The van der Waals surface area contributed by atoms with Crippen LogP contribution >= 0.6 is 0 Å². The number of rotatable bonds is 29. The molecule has 0 fully saturated rings. The SMILES string of the molecule is CCOC(=O)C=C(C)C=CC=C(C)C=CC=C(C)C=CC=C(C)C=CC=C(C)C=CCC(C)CCCC(C)CCCC(C)CCCC(C)CCCC(C)C. The Hall–Kier alpha value is -3.13. The van der Waals surface area contributed by atoms with E-state index in [9.17, 15) is 4.79 Å². The lowest BCUT2D eigenvalue weighted by Crippen LogP contribution is -2.02. The van der Waals surface area contributed by atoms with E-state index in [1.165, 1.54) is 99.8 Å². The molecule has 0 rings (SSSR count). The van der Waals surface area contributed by atoms with Gasteiger partial charge in [-0.3, -0.25) is 0 Å². The van der Waals surface area contributed by atoms with Crippen molar-refractivity contribution < 1.29 is 9.53 Å². The third kappa shape index (κ3) is 33.4. The topological polar surface area (TPSA) is 26.3 Å². The molecule has 0 aromatic heterocycles. The number of carbonyl (C=O) groups excluding carboxylic acids is 1. The lowest BCUT2D eigenvalue weighted by molar-refractivity contribution is -0.137. The summed E-state index contributed by atoms with van der Waals surface area (Å²) < 4.78 is 4.94. The number of esters is 1. The summed E-state index contributed by atoms with van der Waals surface area (Å²) in [4.78, 5) is 11.5. The largest absolute Gasteiger partial charge is 0.463 e. The highest BCUT2D eigenvalue weighted by Crippen LogP contribution is 2.24. The van der Waals surface area contributed by atoms with Gasteiger partial charge in [-0.2, -0.15) is 0 Å². The summed E-state index contributed by atoms with van der Waals surface area (Å²) >= 11 is 0. The highest BCUT2D eigenvalue weighted by molar-refractivity contribution is 5.83. The second-order valence-electron chi connectivity index (χ2n) is 16.9. The van der Waals surface area contributed by atoms with Crippen molar-refractivity contribution in [2.45, 2.75) is 167 Å². The Balaban J connectivity index is 4.36. The number of hydrogen-bond acceptors (Lipinski definition) is 2. The first-order chi connectivity index (χ1) is 25.7. The molecule has 2 nitrogen and oxygen atoms in total. The fraction of sp³-hybridized carbons (Fsp3) is 0.596. The maximum Gasteiger partial charge on any atom is 0.330 e. The van der Waals surface area contributed by atoms with E-state index in [0.717, 1.165) is 47.2 Å². The smallest absolute Gasteiger partial charge is 0.330 e. The highest BCUT2D eigenvalue weighted by Gasteiger charge is 2.09. The van der Waals surface area contributed by atoms with E-state index >= 15 is 0 Å². The van der Waals surface area contributed by atoms with Gasteiger partial charge in [0.2, 0.25) is 0 Å². The lowest BCUT2D eigenvalue weighted by Gasteiger charge is -2.17. The molecule has 0 bridgehead atoms. The average Bonchev–Trinajstić information content (AvgIpc) is 3.08. The molecule has 0 aromatic rings. The zero-order valence-electron chi connectivity index (χ0n) is 37.3. The molecule has 2 heteroatoms. The van der Waals surface area contributed by atoms with Crippen LogP contribution in [-0.4, -0.2) is 12.6 Å². The standard InChI is InChI=1S/C52H84O2/c1-13-54-52(53)41-51(12)40-22-39-50(11)38-21-37-49(10)36-20-35-48(9)34-19-33-47(8)32-18-31-46(7)30-17-29-45(6)28-16-27-44(5)26-15-25-43(4)24-14-23-42(2)3/h18-22,32-46H,13-17,23-31H2,1-12H3. The first-order valence-electron chi connectivity index (χ1n) is 21.6. The van der Waals surface area contributed by atoms with Crippen LogP contribution in [-0.2, 0) is 9.53 Å². The van der Waals surface area contributed by atoms with Crippen LogP contribution in [0.5, 0.6) is 0 Å². The Morgan fingerprint density at radius 2 is 0.796 bits per heavy atom. The highest BCUT2D eigenvalue weighted by atomic mass is 16.5. The zero-order chi connectivity index (χ0) is 40.6. The molecular weight excluding hydrogens is 657 g/mol. The number of carbonyl (C=O) groups is 1. The molecule has 0 saturated heterocycles. The van der Waals surface area contributed by atoms with Crippen LogP contribution in [0.2, 0.25) is 0 Å². The molecule has 0 amide bonds. The molecule has 0 spiro atoms. The summed E-state index contributed by atoms with van der Waals surface area (Å²) in [6.45, 7) is 27.1. The van der Waals surface area contributed by atoms with Gasteiger partial charge in [0.1, 0.15) is 0 Å². The van der Waals surface area contributed by atoms with E-state index in [1.807, 2.05) is 25.2 Å². The molecule has 4 unspecified atom stereocenters. The number of allylic oxidation sites excluding steroid dienone is 19. The first kappa shape index (κ1) is 50.9. The van der Waals surface area contributed by atoms with Crippen molar-refractivity contribution in [3.8, 4) is 0 Å². The minimum Gasteiger partial charge on any atom is -0.463 e. The zero-order valence-corrected chi connectivity index (χ0v) is 37.3. The Bertz CT molecular complexity index is 1300. The molecule has 0 aliphatic carbocycles. The quantitative estimate of drug-likeness (QED) is 0.0434. The van der Waals surface area contributed by atoms with E-state index in [2.05, 4.69) is 136 Å². The molecule has 304 valence electrons. The third-order valence-electron chi connectivity index (χ3n) is 10.1. The Morgan fingerprint density at radius 1 is 0.463 bits per heavy atom. The van der Waals surface area contributed by atoms with E-state index in [0.29, 0.717) is 6.61 Å². The second-order valence-corrected chi connectivity index (χ2v) is 16.9. The van der Waals surface area contributed by atoms with Crippen molar-refractivity contribution in [1.82, 2.24) is 0 Å². The molecule has 0 radical (unpaired) electrons. The molecule has 54 heavy (non-hydrogen) atoms. The third-order valence-corrected chi connectivity index (χ3v) is 10.1. The predicted octanol–water partition coefficient (Wildman–Crippen LogP) is 16.3. The van der Waals surface area contributed by atoms with Gasteiger partial charge in [-0.15, -0.1) is 0 Å². The summed E-state index contributed by atoms with van der Waals surface area (Å²) in [7, 11) is 0. The molecule has 0 heterocycles. The van der Waals surface area contributed by atoms with Crippen molar-refractivity contribution in [2.24, 2.45) is 29.6 Å². The molecule has 4 atom stereocenters. The van der Waals surface area contributed by atoms with Gasteiger partial charge in [0.15, 0.2) is 0 Å². The van der Waals surface area contributed by atoms with E-state index < -0.39 is 0 Å². The Labute approximate surface area is 336 Å². The van der Waals surface area contributed by atoms with Gasteiger partial charge in [-0.05, 0) is 83.1 Å². The van der Waals surface area contributed by atoms with Crippen molar-refractivity contribution in [2.75, 3.05) is 6.61 Å². The van der Waals surface area contributed by atoms with Crippen LogP contribution in [0.1, 0.15) is 167 Å². The van der Waals surface area contributed by atoms with E-state index in [1.54, 1.807) is 6.92 Å². The van der Waals surface area contributed by atoms with E-state index in [-0.39, 0.29) is 5.97 Å². The number of ether oxygens (including phenoxy) is 1. The molecule has 0 aliphatic rings. The minimum atomic E-state index is -0.306. The Kier molecular flexibility index (Phi) is 31.3. The van der Waals surface area contributed by atoms with Crippen LogP contribution in [0.15, 0.2) is 119 Å². The summed E-state index contributed by atoms with van der Waals surface area (Å²) in [6, 6.07) is 0. The van der Waals surface area contributed by atoms with Crippen molar-refractivity contribution in [3.63, 3.8) is 0 Å². The second kappa shape index (κ2) is 33.2. The number of hydrogen-bond donors (Lipinski definition) is 0. The van der Waals surface area contributed by atoms with Crippen LogP contribution in [0.25, 0.3) is 0 Å². The molecule has 0 saturated carbocycles. The van der Waals surface area contributed by atoms with Gasteiger partial charge in [-0.25, -0.2) is 4.79 Å². The van der Waals surface area contributed by atoms with Crippen molar-refractivity contribution >= 4 is 5.97 Å². The fourth-order valence-electron chi connectivity index (χ4n) is 6.40. The average molecular weight is 741 g/mol. The summed E-state index contributed by atoms with van der Waals surface area (Å²) in [6.07, 6.45) is 49.0. The van der Waals surface area contributed by atoms with E-state index in [4.69, 9.17) is 4.74 Å². The molecular formula is C52H84O2. The van der Waals surface area contributed by atoms with Gasteiger partial charge < -0.3 is 4.74 Å². The summed E-state index contributed by atoms with van der Waals surface area (Å²) in [5.41, 5.74) is 5.67. The first-order valence-corrected chi connectivity index (χ1v) is 21.6. The maximum absolute atomic E-state index is 11.5. The van der Waals surface area contributed by atoms with Crippen LogP contribution in [0.4, 0.5) is 0 Å². The van der Waals surface area contributed by atoms with Gasteiger partial charge in [0.25, 0.3) is 0 Å². The summed E-state index contributed by atoms with van der Waals surface area (Å²) in [5, 5.41) is 0. The van der Waals surface area contributed by atoms with Gasteiger partial charge >= 0.3 is 5.97 Å². The molecule has 0 aliphatic heterocycles. The molecule has 0 aromatic carbocycles. The molecule has 0 N–H and O–H groups in total. The maximum atomic E-state index is 11.5. The normalized spacial score (nSPS) is 16.6. The monoisotopic (exact) mass is 741 g/mol. The minimum absolute atomic E-state index is 0.306. The van der Waals surface area contributed by atoms with Crippen LogP contribution in [0, 0.1) is 29.6 Å². The summed E-state index contributed by atoms with van der Waals surface area (Å²) in [5.74, 6) is 3.95. The fourth-order valence-corrected chi connectivity index (χ4v) is 6.40. The Morgan fingerprint density at radius 3 is 1.17 bits per heavy atom. The van der Waals surface area contributed by atoms with Crippen LogP contribution in [0.3, 0.4) is 0 Å². The van der Waals surface area contributed by atoms with Gasteiger partial charge in [-0.1, -0.05) is 226 Å². The van der Waals surface area contributed by atoms with Crippen molar-refractivity contribution in [1.29, 1.82) is 0 Å². The van der Waals surface area contributed by atoms with Gasteiger partial charge in [0, 0.05) is 6.08 Å². The van der Waals surface area contributed by atoms with Crippen molar-refractivity contribution in [3.05, 3.63) is 119 Å². The predicted molar refractivity (Wildman–Crippen MR) is 243 cm³/mol. The lowest BCUT2D eigenvalue weighted by atomic mass is 9.90. The van der Waals surface area contributed by atoms with Gasteiger partial charge in [0.05, 0.1) is 6.61 Å².